The Morgan fingerprint density at radius 1 is 1.38 bits per heavy atom. The Labute approximate surface area is 129 Å². The minimum Gasteiger partial charge on any atom is -0.352 e. The summed E-state index contributed by atoms with van der Waals surface area (Å²) in [7, 11) is 1.85. The lowest BCUT2D eigenvalue weighted by molar-refractivity contribution is 0.0951. The predicted octanol–water partition coefficient (Wildman–Crippen LogP) is 0.764. The molecule has 0 fully saturated rings. The Morgan fingerprint density at radius 2 is 2.14 bits per heavy atom. The van der Waals surface area contributed by atoms with Crippen LogP contribution in [0, 0.1) is 6.92 Å². The maximum absolute atomic E-state index is 12.2. The number of pyridine rings is 1. The van der Waals surface area contributed by atoms with Gasteiger partial charge in [0.15, 0.2) is 0 Å². The number of carbonyl (C=O) groups excluding carboxylic acids is 1. The van der Waals surface area contributed by atoms with Gasteiger partial charge in [0.25, 0.3) is 11.5 Å². The third-order valence-corrected chi connectivity index (χ3v) is 3.00. The summed E-state index contributed by atoms with van der Waals surface area (Å²) < 4.78 is 1.38. The number of aryl methyl sites for hydroxylation is 1. The molecule has 2 heterocycles. The van der Waals surface area contributed by atoms with Gasteiger partial charge in [0.1, 0.15) is 11.2 Å². The number of carbonyl (C=O) groups is 1. The number of nitrogens with one attached hydrogen (secondary N) is 2. The second kappa shape index (κ2) is 7.75. The molecule has 2 rings (SSSR count). The van der Waals surface area contributed by atoms with Crippen molar-refractivity contribution < 1.29 is 4.79 Å². The second-order valence-electron chi connectivity index (χ2n) is 4.62. The molecule has 7 heteroatoms. The minimum atomic E-state index is -0.381. The summed E-state index contributed by atoms with van der Waals surface area (Å²) in [5.74, 6) is -0.381. The van der Waals surface area contributed by atoms with Crippen LogP contribution in [0.15, 0.2) is 29.3 Å². The zero-order chi connectivity index (χ0) is 14.5. The van der Waals surface area contributed by atoms with Crippen LogP contribution >= 0.6 is 12.4 Å². The van der Waals surface area contributed by atoms with Crippen molar-refractivity contribution in [2.24, 2.45) is 0 Å². The van der Waals surface area contributed by atoms with E-state index in [-0.39, 0.29) is 29.4 Å². The Hall–Kier alpha value is -1.92. The number of halogens is 1. The van der Waals surface area contributed by atoms with Gasteiger partial charge < -0.3 is 10.6 Å². The van der Waals surface area contributed by atoms with Gasteiger partial charge in [0.05, 0.1) is 0 Å². The maximum Gasteiger partial charge on any atom is 0.270 e. The van der Waals surface area contributed by atoms with E-state index in [1.54, 1.807) is 12.3 Å². The van der Waals surface area contributed by atoms with Crippen molar-refractivity contribution in [3.63, 3.8) is 0 Å². The van der Waals surface area contributed by atoms with Gasteiger partial charge >= 0.3 is 0 Å². The molecule has 1 amide bonds. The van der Waals surface area contributed by atoms with Gasteiger partial charge in [-0.25, -0.2) is 4.98 Å². The summed E-state index contributed by atoms with van der Waals surface area (Å²) in [6.07, 6.45) is 3.78. The van der Waals surface area contributed by atoms with E-state index in [0.717, 1.165) is 18.5 Å². The number of aromatic nitrogens is 2. The molecule has 0 spiro atoms. The standard InChI is InChI=1S/C14H18N4O2.ClH/c1-10-4-7-18-12(8-10)17-9-11(14(18)20)13(19)16-6-3-5-15-2;/h4,7-9,15H,3,5-6H2,1-2H3,(H,16,19);1H. The number of amides is 1. The highest BCUT2D eigenvalue weighted by molar-refractivity contribution is 5.93. The van der Waals surface area contributed by atoms with Gasteiger partial charge in [0, 0.05) is 18.9 Å². The van der Waals surface area contributed by atoms with Gasteiger partial charge in [-0.1, -0.05) is 0 Å². The van der Waals surface area contributed by atoms with E-state index in [1.165, 1.54) is 10.6 Å². The number of hydrogen-bond acceptors (Lipinski definition) is 4. The molecule has 0 aliphatic rings. The van der Waals surface area contributed by atoms with Gasteiger partial charge in [-0.2, -0.15) is 0 Å². The van der Waals surface area contributed by atoms with Gasteiger partial charge in [0.2, 0.25) is 0 Å². The van der Waals surface area contributed by atoms with Crippen molar-refractivity contribution in [1.82, 2.24) is 20.0 Å². The first-order valence-electron chi connectivity index (χ1n) is 6.54. The Balaban J connectivity index is 0.00000220. The van der Waals surface area contributed by atoms with Crippen LogP contribution in [0.4, 0.5) is 0 Å². The van der Waals surface area contributed by atoms with Crippen LogP contribution in [0.25, 0.3) is 5.65 Å². The highest BCUT2D eigenvalue weighted by Crippen LogP contribution is 2.02. The molecule has 0 aliphatic heterocycles. The molecule has 2 aromatic rings. The van der Waals surface area contributed by atoms with E-state index < -0.39 is 0 Å². The average Bonchev–Trinajstić information content (AvgIpc) is 2.43. The van der Waals surface area contributed by atoms with E-state index in [0.29, 0.717) is 12.2 Å². The van der Waals surface area contributed by atoms with Gasteiger partial charge in [-0.15, -0.1) is 12.4 Å². The summed E-state index contributed by atoms with van der Waals surface area (Å²) >= 11 is 0. The lowest BCUT2D eigenvalue weighted by atomic mass is 10.2. The molecule has 2 N–H and O–H groups in total. The molecular weight excluding hydrogens is 292 g/mol. The first-order valence-corrected chi connectivity index (χ1v) is 6.54. The zero-order valence-corrected chi connectivity index (χ0v) is 12.9. The van der Waals surface area contributed by atoms with Gasteiger partial charge in [-0.05, 0) is 44.6 Å². The van der Waals surface area contributed by atoms with E-state index in [9.17, 15) is 9.59 Å². The molecule has 0 radical (unpaired) electrons. The average molecular weight is 311 g/mol. The molecule has 21 heavy (non-hydrogen) atoms. The van der Waals surface area contributed by atoms with Crippen LogP contribution in [0.2, 0.25) is 0 Å². The van der Waals surface area contributed by atoms with E-state index >= 15 is 0 Å². The number of fused-ring (bicyclic) bond motifs is 1. The fourth-order valence-electron chi connectivity index (χ4n) is 1.89. The van der Waals surface area contributed by atoms with Crippen molar-refractivity contribution in [2.45, 2.75) is 13.3 Å². The van der Waals surface area contributed by atoms with Crippen LogP contribution in [-0.4, -0.2) is 35.4 Å². The maximum atomic E-state index is 12.2. The molecule has 0 bridgehead atoms. The minimum absolute atomic E-state index is 0. The first kappa shape index (κ1) is 17.1. The molecule has 0 atom stereocenters. The molecule has 0 aromatic carbocycles. The van der Waals surface area contributed by atoms with E-state index in [1.807, 2.05) is 20.0 Å². The third kappa shape index (κ3) is 4.03. The fourth-order valence-corrected chi connectivity index (χ4v) is 1.89. The summed E-state index contributed by atoms with van der Waals surface area (Å²) in [5, 5.41) is 5.71. The van der Waals surface area contributed by atoms with Crippen LogP contribution in [0.3, 0.4) is 0 Å². The summed E-state index contributed by atoms with van der Waals surface area (Å²) in [6.45, 7) is 3.26. The SMILES string of the molecule is CNCCCNC(=O)c1cnc2cc(C)ccn2c1=O.Cl. The molecule has 0 unspecified atom stereocenters. The Morgan fingerprint density at radius 3 is 2.86 bits per heavy atom. The lowest BCUT2D eigenvalue weighted by Crippen LogP contribution is -2.33. The third-order valence-electron chi connectivity index (χ3n) is 3.00. The normalized spacial score (nSPS) is 10.2. The second-order valence-corrected chi connectivity index (χ2v) is 4.62. The quantitative estimate of drug-likeness (QED) is 0.800. The molecular formula is C14H19ClN4O2. The molecule has 114 valence electrons. The Bertz CT molecular complexity index is 684. The molecule has 0 saturated heterocycles. The number of nitrogens with zero attached hydrogens (tertiary/aromatic N) is 2. The van der Waals surface area contributed by atoms with Crippen LogP contribution < -0.4 is 16.2 Å². The predicted molar refractivity (Wildman–Crippen MR) is 84.3 cm³/mol. The highest BCUT2D eigenvalue weighted by Gasteiger charge is 2.12. The van der Waals surface area contributed by atoms with Crippen LogP contribution in [-0.2, 0) is 0 Å². The fraction of sp³-hybridized carbons (Fsp3) is 0.357. The van der Waals surface area contributed by atoms with Crippen LogP contribution in [0.1, 0.15) is 22.3 Å². The zero-order valence-electron chi connectivity index (χ0n) is 12.0. The summed E-state index contributed by atoms with van der Waals surface area (Å²) in [5.41, 5.74) is 1.28. The van der Waals surface area contributed by atoms with Crippen molar-refractivity contribution >= 4 is 24.0 Å². The molecule has 0 saturated carbocycles. The van der Waals surface area contributed by atoms with Crippen molar-refractivity contribution in [1.29, 1.82) is 0 Å². The molecule has 2 aromatic heterocycles. The molecule has 0 aliphatic carbocycles. The van der Waals surface area contributed by atoms with Crippen molar-refractivity contribution in [2.75, 3.05) is 20.1 Å². The monoisotopic (exact) mass is 310 g/mol. The highest BCUT2D eigenvalue weighted by atomic mass is 35.5. The van der Waals surface area contributed by atoms with Crippen LogP contribution in [0.5, 0.6) is 0 Å². The van der Waals surface area contributed by atoms with E-state index in [2.05, 4.69) is 15.6 Å². The topological polar surface area (TPSA) is 75.5 Å². The first-order chi connectivity index (χ1) is 9.63. The molecule has 6 nitrogen and oxygen atoms in total. The summed E-state index contributed by atoms with van der Waals surface area (Å²) in [4.78, 5) is 28.3. The largest absolute Gasteiger partial charge is 0.352 e. The summed E-state index contributed by atoms with van der Waals surface area (Å²) in [6, 6.07) is 3.61. The number of hydrogen-bond donors (Lipinski definition) is 2. The lowest BCUT2D eigenvalue weighted by Gasteiger charge is -2.06. The Kier molecular flexibility index (Phi) is 6.33. The number of rotatable bonds is 5. The van der Waals surface area contributed by atoms with Crippen molar-refractivity contribution in [3.05, 3.63) is 46.0 Å². The van der Waals surface area contributed by atoms with Crippen molar-refractivity contribution in [3.8, 4) is 0 Å². The van der Waals surface area contributed by atoms with Gasteiger partial charge in [-0.3, -0.25) is 14.0 Å². The van der Waals surface area contributed by atoms with E-state index in [4.69, 9.17) is 0 Å². The smallest absolute Gasteiger partial charge is 0.270 e.